The Morgan fingerprint density at radius 1 is 1.22 bits per heavy atom. The van der Waals surface area contributed by atoms with E-state index in [1.807, 2.05) is 42.5 Å². The average molecular weight is 376 g/mol. The monoisotopic (exact) mass is 375 g/mol. The van der Waals surface area contributed by atoms with Crippen molar-refractivity contribution < 1.29 is 9.59 Å². The van der Waals surface area contributed by atoms with Gasteiger partial charge in [-0.2, -0.15) is 0 Å². The van der Waals surface area contributed by atoms with E-state index in [2.05, 4.69) is 26.2 Å². The summed E-state index contributed by atoms with van der Waals surface area (Å²) in [6.07, 6.45) is 1.92. The zero-order valence-corrected chi connectivity index (χ0v) is 14.4. The summed E-state index contributed by atoms with van der Waals surface area (Å²) in [6.45, 7) is 2.21. The molecule has 23 heavy (non-hydrogen) atoms. The smallest absolute Gasteiger partial charge is 0.223 e. The molecular formula is C17H18BrN3O2. The molecule has 2 rings (SSSR count). The number of aromatic nitrogens is 1. The molecule has 0 aliphatic rings. The summed E-state index contributed by atoms with van der Waals surface area (Å²) in [7, 11) is 0. The van der Waals surface area contributed by atoms with Crippen molar-refractivity contribution >= 4 is 33.4 Å². The zero-order valence-electron chi connectivity index (χ0n) is 12.8. The van der Waals surface area contributed by atoms with E-state index in [0.717, 1.165) is 15.9 Å². The maximum Gasteiger partial charge on any atom is 0.223 e. The molecular weight excluding hydrogens is 358 g/mol. The van der Waals surface area contributed by atoms with Gasteiger partial charge in [0.25, 0.3) is 0 Å². The predicted molar refractivity (Wildman–Crippen MR) is 92.9 cm³/mol. The molecule has 1 aromatic heterocycles. The number of benzene rings is 1. The van der Waals surface area contributed by atoms with Gasteiger partial charge in [-0.15, -0.1) is 0 Å². The number of anilines is 1. The van der Waals surface area contributed by atoms with Crippen LogP contribution in [0, 0.1) is 0 Å². The van der Waals surface area contributed by atoms with Gasteiger partial charge < -0.3 is 10.2 Å². The molecule has 0 aliphatic carbocycles. The first-order chi connectivity index (χ1) is 11.1. The Morgan fingerprint density at radius 2 is 2.04 bits per heavy atom. The molecule has 5 nitrogen and oxygen atoms in total. The van der Waals surface area contributed by atoms with Gasteiger partial charge in [0, 0.05) is 36.2 Å². The van der Waals surface area contributed by atoms with Gasteiger partial charge in [-0.1, -0.05) is 28.1 Å². The van der Waals surface area contributed by atoms with Crippen molar-refractivity contribution in [2.45, 2.75) is 19.9 Å². The first kappa shape index (κ1) is 17.1. The zero-order chi connectivity index (χ0) is 16.7. The lowest BCUT2D eigenvalue weighted by atomic mass is 10.2. The molecule has 0 aliphatic heterocycles. The van der Waals surface area contributed by atoms with Crippen LogP contribution in [0.3, 0.4) is 0 Å². The molecule has 0 atom stereocenters. The molecule has 0 saturated heterocycles. The Morgan fingerprint density at radius 3 is 2.70 bits per heavy atom. The van der Waals surface area contributed by atoms with Crippen molar-refractivity contribution in [2.75, 3.05) is 11.4 Å². The van der Waals surface area contributed by atoms with Crippen LogP contribution >= 0.6 is 15.9 Å². The Balaban J connectivity index is 1.89. The predicted octanol–water partition coefficient (Wildman–Crippen LogP) is 2.90. The topological polar surface area (TPSA) is 62.3 Å². The molecule has 0 spiro atoms. The summed E-state index contributed by atoms with van der Waals surface area (Å²) in [5, 5.41) is 2.81. The minimum atomic E-state index is -0.114. The number of nitrogens with one attached hydrogen (secondary N) is 1. The largest absolute Gasteiger partial charge is 0.350 e. The normalized spacial score (nSPS) is 10.2. The van der Waals surface area contributed by atoms with E-state index in [1.54, 1.807) is 11.1 Å². The van der Waals surface area contributed by atoms with Crippen LogP contribution in [0.5, 0.6) is 0 Å². The van der Waals surface area contributed by atoms with Crippen LogP contribution in [0.25, 0.3) is 0 Å². The van der Waals surface area contributed by atoms with Crippen LogP contribution in [-0.4, -0.2) is 23.3 Å². The second-order valence-corrected chi connectivity index (χ2v) is 5.91. The van der Waals surface area contributed by atoms with Crippen molar-refractivity contribution in [3.63, 3.8) is 0 Å². The van der Waals surface area contributed by atoms with Crippen molar-refractivity contribution in [3.05, 3.63) is 58.8 Å². The van der Waals surface area contributed by atoms with Gasteiger partial charge in [-0.3, -0.25) is 14.6 Å². The van der Waals surface area contributed by atoms with Gasteiger partial charge in [0.05, 0.1) is 12.2 Å². The van der Waals surface area contributed by atoms with Crippen LogP contribution in [-0.2, 0) is 16.1 Å². The van der Waals surface area contributed by atoms with Crippen LogP contribution in [0.2, 0.25) is 0 Å². The molecule has 6 heteroatoms. The lowest BCUT2D eigenvalue weighted by molar-refractivity contribution is -0.121. The Bertz CT molecular complexity index is 677. The Labute approximate surface area is 143 Å². The van der Waals surface area contributed by atoms with Crippen LogP contribution in [0.15, 0.2) is 53.1 Å². The fourth-order valence-electron chi connectivity index (χ4n) is 2.11. The van der Waals surface area contributed by atoms with Gasteiger partial charge in [-0.25, -0.2) is 0 Å². The summed E-state index contributed by atoms with van der Waals surface area (Å²) in [5.74, 6) is -0.211. The second-order valence-electron chi connectivity index (χ2n) is 5.00. The maximum atomic E-state index is 12.0. The lowest BCUT2D eigenvalue weighted by Crippen LogP contribution is -2.33. The Kier molecular flexibility index (Phi) is 6.29. The summed E-state index contributed by atoms with van der Waals surface area (Å²) in [6, 6.07) is 13.0. The molecule has 1 aromatic carbocycles. The van der Waals surface area contributed by atoms with E-state index < -0.39 is 0 Å². The number of nitrogens with zero attached hydrogens (tertiary/aromatic N) is 2. The molecule has 1 heterocycles. The first-order valence-electron chi connectivity index (χ1n) is 7.26. The third-order valence-corrected chi connectivity index (χ3v) is 3.75. The van der Waals surface area contributed by atoms with Crippen molar-refractivity contribution in [1.29, 1.82) is 0 Å². The highest BCUT2D eigenvalue weighted by Crippen LogP contribution is 2.20. The minimum absolute atomic E-state index is 0.0966. The van der Waals surface area contributed by atoms with E-state index >= 15 is 0 Å². The van der Waals surface area contributed by atoms with Gasteiger partial charge in [-0.05, 0) is 30.3 Å². The van der Waals surface area contributed by atoms with E-state index in [9.17, 15) is 9.59 Å². The van der Waals surface area contributed by atoms with Crippen LogP contribution in [0.4, 0.5) is 5.69 Å². The van der Waals surface area contributed by atoms with E-state index in [1.165, 1.54) is 6.92 Å². The SMILES string of the molecule is CC(=O)N(CCC(=O)NCc1ccccn1)c1cccc(Br)c1. The number of hydrogen-bond acceptors (Lipinski definition) is 3. The molecule has 0 fully saturated rings. The number of carbonyl (C=O) groups excluding carboxylic acids is 2. The Hall–Kier alpha value is -2.21. The van der Waals surface area contributed by atoms with Gasteiger partial charge in [0.1, 0.15) is 0 Å². The van der Waals surface area contributed by atoms with Crippen molar-refractivity contribution in [3.8, 4) is 0 Å². The fourth-order valence-corrected chi connectivity index (χ4v) is 2.49. The quantitative estimate of drug-likeness (QED) is 0.843. The third kappa shape index (κ3) is 5.49. The molecule has 0 saturated carbocycles. The maximum absolute atomic E-state index is 12.0. The molecule has 2 aromatic rings. The van der Waals surface area contributed by atoms with Crippen LogP contribution in [0.1, 0.15) is 19.0 Å². The average Bonchev–Trinajstić information content (AvgIpc) is 2.54. The minimum Gasteiger partial charge on any atom is -0.350 e. The van der Waals surface area contributed by atoms with Crippen LogP contribution < -0.4 is 10.2 Å². The van der Waals surface area contributed by atoms with Gasteiger partial charge in [0.15, 0.2) is 0 Å². The molecule has 120 valence electrons. The first-order valence-corrected chi connectivity index (χ1v) is 8.06. The summed E-state index contributed by atoms with van der Waals surface area (Å²) >= 11 is 3.39. The standard InChI is InChI=1S/C17H18BrN3O2/c1-13(22)21(16-7-4-5-14(18)11-16)10-8-17(23)20-12-15-6-2-3-9-19-15/h2-7,9,11H,8,10,12H2,1H3,(H,20,23). The highest BCUT2D eigenvalue weighted by molar-refractivity contribution is 9.10. The highest BCUT2D eigenvalue weighted by atomic mass is 79.9. The highest BCUT2D eigenvalue weighted by Gasteiger charge is 2.13. The molecule has 0 unspecified atom stereocenters. The van der Waals surface area contributed by atoms with E-state index in [4.69, 9.17) is 0 Å². The van der Waals surface area contributed by atoms with Gasteiger partial charge in [0.2, 0.25) is 11.8 Å². The summed E-state index contributed by atoms with van der Waals surface area (Å²) in [5.41, 5.74) is 1.57. The molecule has 0 bridgehead atoms. The number of halogens is 1. The number of carbonyl (C=O) groups is 2. The second kappa shape index (κ2) is 8.43. The van der Waals surface area contributed by atoms with E-state index in [0.29, 0.717) is 13.1 Å². The number of amides is 2. The lowest BCUT2D eigenvalue weighted by Gasteiger charge is -2.21. The van der Waals surface area contributed by atoms with Crippen molar-refractivity contribution in [1.82, 2.24) is 10.3 Å². The molecule has 1 N–H and O–H groups in total. The van der Waals surface area contributed by atoms with E-state index in [-0.39, 0.29) is 18.2 Å². The fraction of sp³-hybridized carbons (Fsp3) is 0.235. The third-order valence-electron chi connectivity index (χ3n) is 3.26. The van der Waals surface area contributed by atoms with Crippen molar-refractivity contribution in [2.24, 2.45) is 0 Å². The number of rotatable bonds is 6. The molecule has 0 radical (unpaired) electrons. The van der Waals surface area contributed by atoms with Gasteiger partial charge >= 0.3 is 0 Å². The summed E-state index contributed by atoms with van der Waals surface area (Å²) in [4.78, 5) is 29.5. The summed E-state index contributed by atoms with van der Waals surface area (Å²) < 4.78 is 0.890. The number of hydrogen-bond donors (Lipinski definition) is 1. The molecule has 2 amide bonds. The number of pyridine rings is 1.